The first-order valence-corrected chi connectivity index (χ1v) is 12.1. The molecule has 6 nitrogen and oxygen atoms in total. The SMILES string of the molecule is CCCCOC1CON=C1c1cc(Br)ccc1O[C@@H](CC1CCC1)C(=O)OC(C)(C)C. The number of ether oxygens (including phenoxy) is 3. The van der Waals surface area contributed by atoms with Gasteiger partial charge in [0.25, 0.3) is 0 Å². The Labute approximate surface area is 193 Å². The predicted molar refractivity (Wildman–Crippen MR) is 123 cm³/mol. The second-order valence-corrected chi connectivity index (χ2v) is 10.2. The van der Waals surface area contributed by atoms with Gasteiger partial charge in [-0.1, -0.05) is 53.7 Å². The normalized spacial score (nSPS) is 19.9. The van der Waals surface area contributed by atoms with Gasteiger partial charge in [-0.3, -0.25) is 0 Å². The van der Waals surface area contributed by atoms with Gasteiger partial charge in [-0.25, -0.2) is 4.79 Å². The van der Waals surface area contributed by atoms with Gasteiger partial charge in [-0.15, -0.1) is 0 Å². The Bertz CT molecular complexity index is 785. The van der Waals surface area contributed by atoms with Gasteiger partial charge in [0.15, 0.2) is 6.10 Å². The summed E-state index contributed by atoms with van der Waals surface area (Å²) >= 11 is 3.54. The van der Waals surface area contributed by atoms with Crippen LogP contribution in [0.2, 0.25) is 0 Å². The van der Waals surface area contributed by atoms with Gasteiger partial charge in [0, 0.05) is 16.6 Å². The number of nitrogens with zero attached hydrogens (tertiary/aromatic N) is 1. The highest BCUT2D eigenvalue weighted by Gasteiger charge is 2.34. The van der Waals surface area contributed by atoms with Crippen LogP contribution in [0.1, 0.15) is 71.8 Å². The van der Waals surface area contributed by atoms with E-state index in [0.29, 0.717) is 37.0 Å². The fourth-order valence-corrected chi connectivity index (χ4v) is 3.94. The van der Waals surface area contributed by atoms with Crippen LogP contribution < -0.4 is 4.74 Å². The molecule has 2 atom stereocenters. The van der Waals surface area contributed by atoms with Gasteiger partial charge < -0.3 is 19.0 Å². The van der Waals surface area contributed by atoms with Crippen LogP contribution in [-0.2, 0) is 19.1 Å². The summed E-state index contributed by atoms with van der Waals surface area (Å²) in [4.78, 5) is 18.3. The Hall–Kier alpha value is -1.60. The average Bonchev–Trinajstić information content (AvgIpc) is 3.11. The molecular formula is C24H34BrNO5. The summed E-state index contributed by atoms with van der Waals surface area (Å²) in [5.41, 5.74) is 0.900. The maximum atomic E-state index is 12.9. The Morgan fingerprint density at radius 1 is 1.32 bits per heavy atom. The van der Waals surface area contributed by atoms with Crippen molar-refractivity contribution in [2.75, 3.05) is 13.2 Å². The van der Waals surface area contributed by atoms with E-state index in [1.54, 1.807) is 0 Å². The van der Waals surface area contributed by atoms with Gasteiger partial charge in [-0.2, -0.15) is 0 Å². The summed E-state index contributed by atoms with van der Waals surface area (Å²) in [5.74, 6) is 0.758. The number of rotatable bonds is 10. The average molecular weight is 496 g/mol. The molecule has 0 saturated heterocycles. The minimum Gasteiger partial charge on any atom is -0.478 e. The summed E-state index contributed by atoms with van der Waals surface area (Å²) in [7, 11) is 0. The molecule has 0 bridgehead atoms. The molecule has 1 aliphatic heterocycles. The number of benzene rings is 1. The number of carbonyl (C=O) groups excluding carboxylic acids is 1. The highest BCUT2D eigenvalue weighted by atomic mass is 79.9. The van der Waals surface area contributed by atoms with Crippen LogP contribution in [0.4, 0.5) is 0 Å². The summed E-state index contributed by atoms with van der Waals surface area (Å²) in [6, 6.07) is 5.70. The molecule has 1 aromatic rings. The Kier molecular flexibility index (Phi) is 8.39. The standard InChI is InChI=1S/C24H34BrNO5/c1-5-6-12-28-21-15-29-26-22(21)18-14-17(25)10-11-19(18)30-20(13-16-8-7-9-16)23(27)31-24(2,3)4/h10-11,14,16,20-21H,5-9,12-13,15H2,1-4H3/t20-,21?/m0/s1. The highest BCUT2D eigenvalue weighted by Crippen LogP contribution is 2.34. The molecule has 3 rings (SSSR count). The van der Waals surface area contributed by atoms with Crippen LogP contribution in [0.25, 0.3) is 0 Å². The summed E-state index contributed by atoms with van der Waals surface area (Å²) in [5, 5.41) is 4.24. The molecule has 1 aliphatic carbocycles. The van der Waals surface area contributed by atoms with Crippen LogP contribution in [0.3, 0.4) is 0 Å². The van der Waals surface area contributed by atoms with Crippen molar-refractivity contribution in [1.82, 2.24) is 0 Å². The predicted octanol–water partition coefficient (Wildman–Crippen LogP) is 5.65. The van der Waals surface area contributed by atoms with E-state index in [9.17, 15) is 4.79 Å². The van der Waals surface area contributed by atoms with E-state index in [0.717, 1.165) is 35.7 Å². The zero-order valence-corrected chi connectivity index (χ0v) is 20.6. The molecule has 1 saturated carbocycles. The molecule has 2 aliphatic rings. The first-order chi connectivity index (χ1) is 14.8. The largest absolute Gasteiger partial charge is 0.478 e. The zero-order chi connectivity index (χ0) is 22.4. The monoisotopic (exact) mass is 495 g/mol. The van der Waals surface area contributed by atoms with Crippen LogP contribution in [-0.4, -0.2) is 42.7 Å². The highest BCUT2D eigenvalue weighted by molar-refractivity contribution is 9.10. The van der Waals surface area contributed by atoms with Gasteiger partial charge in [-0.05, 0) is 57.7 Å². The molecule has 1 aromatic carbocycles. The lowest BCUT2D eigenvalue weighted by Gasteiger charge is -2.31. The number of hydrogen-bond acceptors (Lipinski definition) is 6. The molecule has 0 amide bonds. The van der Waals surface area contributed by atoms with Crippen LogP contribution in [0.5, 0.6) is 5.75 Å². The van der Waals surface area contributed by atoms with Gasteiger partial charge >= 0.3 is 5.97 Å². The van der Waals surface area contributed by atoms with Crippen molar-refractivity contribution in [2.45, 2.75) is 84.0 Å². The second kappa shape index (κ2) is 10.8. The third-order valence-corrected chi connectivity index (χ3v) is 5.93. The summed E-state index contributed by atoms with van der Waals surface area (Å²) in [6.45, 7) is 8.78. The van der Waals surface area contributed by atoms with Crippen molar-refractivity contribution in [3.8, 4) is 5.75 Å². The molecule has 0 radical (unpaired) electrons. The van der Waals surface area contributed by atoms with Crippen LogP contribution >= 0.6 is 15.9 Å². The minimum absolute atomic E-state index is 0.255. The van der Waals surface area contributed by atoms with Crippen molar-refractivity contribution in [2.24, 2.45) is 11.1 Å². The molecule has 172 valence electrons. The number of carbonyl (C=O) groups is 1. The van der Waals surface area contributed by atoms with Crippen molar-refractivity contribution in [3.05, 3.63) is 28.2 Å². The third kappa shape index (κ3) is 6.94. The third-order valence-electron chi connectivity index (χ3n) is 5.44. The van der Waals surface area contributed by atoms with Crippen LogP contribution in [0.15, 0.2) is 27.8 Å². The molecule has 1 unspecified atom stereocenters. The Morgan fingerprint density at radius 2 is 2.10 bits per heavy atom. The second-order valence-electron chi connectivity index (χ2n) is 9.30. The first kappa shape index (κ1) is 24.1. The van der Waals surface area contributed by atoms with Crippen molar-refractivity contribution in [1.29, 1.82) is 0 Å². The van der Waals surface area contributed by atoms with E-state index in [-0.39, 0.29) is 12.1 Å². The van der Waals surface area contributed by atoms with Crippen LogP contribution in [0, 0.1) is 5.92 Å². The van der Waals surface area contributed by atoms with Gasteiger partial charge in [0.05, 0.1) is 0 Å². The number of esters is 1. The molecule has 1 fully saturated rings. The van der Waals surface area contributed by atoms with Gasteiger partial charge in [0.1, 0.15) is 29.8 Å². The van der Waals surface area contributed by atoms with Crippen molar-refractivity contribution < 1.29 is 23.8 Å². The Morgan fingerprint density at radius 3 is 2.74 bits per heavy atom. The van der Waals surface area contributed by atoms with E-state index in [4.69, 9.17) is 19.0 Å². The van der Waals surface area contributed by atoms with E-state index in [2.05, 4.69) is 28.0 Å². The van der Waals surface area contributed by atoms with E-state index >= 15 is 0 Å². The zero-order valence-electron chi connectivity index (χ0n) is 19.0. The molecule has 0 spiro atoms. The maximum Gasteiger partial charge on any atom is 0.347 e. The molecule has 0 aromatic heterocycles. The topological polar surface area (TPSA) is 66.3 Å². The molecule has 1 heterocycles. The molecular weight excluding hydrogens is 462 g/mol. The Balaban J connectivity index is 1.82. The fraction of sp³-hybridized carbons (Fsp3) is 0.667. The maximum absolute atomic E-state index is 12.9. The van der Waals surface area contributed by atoms with E-state index < -0.39 is 11.7 Å². The summed E-state index contributed by atoms with van der Waals surface area (Å²) < 4.78 is 18.9. The van der Waals surface area contributed by atoms with Gasteiger partial charge in [0.2, 0.25) is 0 Å². The lowest BCUT2D eigenvalue weighted by atomic mass is 9.81. The first-order valence-electron chi connectivity index (χ1n) is 11.3. The molecule has 7 heteroatoms. The molecule has 31 heavy (non-hydrogen) atoms. The fourth-order valence-electron chi connectivity index (χ4n) is 3.58. The van der Waals surface area contributed by atoms with E-state index in [1.807, 2.05) is 39.0 Å². The number of oxime groups is 1. The number of unbranched alkanes of at least 4 members (excludes halogenated alkanes) is 1. The van der Waals surface area contributed by atoms with Crippen molar-refractivity contribution in [3.63, 3.8) is 0 Å². The lowest BCUT2D eigenvalue weighted by molar-refractivity contribution is -0.164. The number of hydrogen-bond donors (Lipinski definition) is 0. The van der Waals surface area contributed by atoms with E-state index in [1.165, 1.54) is 6.42 Å². The van der Waals surface area contributed by atoms with Crippen molar-refractivity contribution >= 4 is 27.6 Å². The quantitative estimate of drug-likeness (QED) is 0.310. The number of halogens is 1. The smallest absolute Gasteiger partial charge is 0.347 e. The summed E-state index contributed by atoms with van der Waals surface area (Å²) in [6.07, 6.45) is 5.25. The minimum atomic E-state index is -0.660. The lowest BCUT2D eigenvalue weighted by Crippen LogP contribution is -2.38. The molecule has 0 N–H and O–H groups in total.